The Morgan fingerprint density at radius 2 is 1.84 bits per heavy atom. The van der Waals surface area contributed by atoms with Crippen molar-refractivity contribution in [3.8, 4) is 10.6 Å². The molecule has 0 radical (unpaired) electrons. The number of carbonyl (C=O) groups excluding carboxylic acids is 1. The number of thiocarbonyl (C=S) groups is 1. The fourth-order valence-electron chi connectivity index (χ4n) is 2.91. The van der Waals surface area contributed by atoms with E-state index in [4.69, 9.17) is 23.8 Å². The van der Waals surface area contributed by atoms with Gasteiger partial charge in [0.15, 0.2) is 5.11 Å². The monoisotopic (exact) mass is 468 g/mol. The summed E-state index contributed by atoms with van der Waals surface area (Å²) in [6.45, 7) is 0. The molecule has 1 aromatic heterocycles. The van der Waals surface area contributed by atoms with Crippen molar-refractivity contribution in [2.75, 3.05) is 5.32 Å². The van der Waals surface area contributed by atoms with E-state index in [0.717, 1.165) is 20.8 Å². The number of anilines is 1. The topological polar surface area (TPSA) is 97.2 Å². The zero-order valence-corrected chi connectivity index (χ0v) is 18.1. The van der Waals surface area contributed by atoms with Crippen LogP contribution in [0.3, 0.4) is 0 Å². The lowest BCUT2D eigenvalue weighted by Crippen LogP contribution is -2.34. The average Bonchev–Trinajstić information content (AvgIpc) is 3.19. The fraction of sp³-hybridized carbons (Fsp3) is 0. The van der Waals surface area contributed by atoms with Crippen LogP contribution in [0.2, 0.25) is 5.02 Å². The van der Waals surface area contributed by atoms with Crippen LogP contribution in [0.15, 0.2) is 66.7 Å². The molecule has 0 saturated carbocycles. The van der Waals surface area contributed by atoms with E-state index in [1.165, 1.54) is 29.5 Å². The molecule has 0 spiro atoms. The third kappa shape index (κ3) is 4.53. The Hall–Kier alpha value is -3.40. The number of para-hydroxylation sites is 2. The van der Waals surface area contributed by atoms with Gasteiger partial charge in [-0.05, 0) is 48.6 Å². The van der Waals surface area contributed by atoms with Crippen LogP contribution in [0.4, 0.5) is 11.4 Å². The van der Waals surface area contributed by atoms with E-state index in [-0.39, 0.29) is 16.4 Å². The van der Waals surface area contributed by atoms with E-state index >= 15 is 0 Å². The summed E-state index contributed by atoms with van der Waals surface area (Å²) in [5.41, 5.74) is 1.81. The number of benzene rings is 3. The van der Waals surface area contributed by atoms with Crippen LogP contribution in [0.5, 0.6) is 0 Å². The molecule has 0 aliphatic carbocycles. The molecule has 4 aromatic rings. The van der Waals surface area contributed by atoms with Crippen molar-refractivity contribution < 1.29 is 9.72 Å². The van der Waals surface area contributed by atoms with Gasteiger partial charge in [-0.25, -0.2) is 4.98 Å². The van der Waals surface area contributed by atoms with Gasteiger partial charge < -0.3 is 5.32 Å². The Morgan fingerprint density at radius 1 is 1.10 bits per heavy atom. The second-order valence-corrected chi connectivity index (χ2v) is 8.21. The van der Waals surface area contributed by atoms with Gasteiger partial charge in [-0.2, -0.15) is 0 Å². The molecule has 0 saturated heterocycles. The summed E-state index contributed by atoms with van der Waals surface area (Å²) in [7, 11) is 0. The van der Waals surface area contributed by atoms with Crippen LogP contribution in [0.25, 0.3) is 20.8 Å². The zero-order valence-electron chi connectivity index (χ0n) is 15.7. The second-order valence-electron chi connectivity index (χ2n) is 6.36. The molecule has 154 valence electrons. The standard InChI is InChI=1S/C21H13ClN4O3S2/c22-15-10-9-12(11-14(15)20-24-16-6-2-4-8-18(16)31-20)23-21(30)25-19(27)13-5-1-3-7-17(13)26(28)29/h1-11H,(H2,23,25,27,30). The highest BCUT2D eigenvalue weighted by molar-refractivity contribution is 7.80. The van der Waals surface area contributed by atoms with Gasteiger partial charge in [-0.1, -0.05) is 35.9 Å². The predicted octanol–water partition coefficient (Wildman–Crippen LogP) is 5.65. The van der Waals surface area contributed by atoms with Crippen molar-refractivity contribution >= 4 is 67.8 Å². The first-order valence-electron chi connectivity index (χ1n) is 8.93. The smallest absolute Gasteiger partial charge is 0.282 e. The van der Waals surface area contributed by atoms with E-state index < -0.39 is 10.8 Å². The van der Waals surface area contributed by atoms with Gasteiger partial charge in [0.05, 0.1) is 20.2 Å². The summed E-state index contributed by atoms with van der Waals surface area (Å²) < 4.78 is 1.04. The lowest BCUT2D eigenvalue weighted by Gasteiger charge is -2.11. The molecule has 0 aliphatic rings. The summed E-state index contributed by atoms with van der Waals surface area (Å²) in [5.74, 6) is -0.676. The zero-order chi connectivity index (χ0) is 22.0. The number of nitro groups is 1. The van der Waals surface area contributed by atoms with Gasteiger partial charge >= 0.3 is 0 Å². The largest absolute Gasteiger partial charge is 0.332 e. The molecule has 10 heteroatoms. The highest BCUT2D eigenvalue weighted by Gasteiger charge is 2.20. The number of amides is 1. The van der Waals surface area contributed by atoms with Gasteiger partial charge in [0.25, 0.3) is 11.6 Å². The fourth-order valence-corrected chi connectivity index (χ4v) is 4.38. The van der Waals surface area contributed by atoms with Gasteiger partial charge in [0, 0.05) is 17.3 Å². The van der Waals surface area contributed by atoms with Crippen molar-refractivity contribution in [3.05, 3.63) is 87.4 Å². The van der Waals surface area contributed by atoms with E-state index in [0.29, 0.717) is 10.7 Å². The third-order valence-electron chi connectivity index (χ3n) is 4.32. The van der Waals surface area contributed by atoms with Crippen molar-refractivity contribution in [2.24, 2.45) is 0 Å². The third-order valence-corrected chi connectivity index (χ3v) is 5.92. The van der Waals surface area contributed by atoms with Crippen LogP contribution in [0, 0.1) is 10.1 Å². The van der Waals surface area contributed by atoms with E-state index in [2.05, 4.69) is 15.6 Å². The first-order chi connectivity index (χ1) is 14.9. The van der Waals surface area contributed by atoms with Crippen LogP contribution >= 0.6 is 35.2 Å². The molecule has 0 unspecified atom stereocenters. The van der Waals surface area contributed by atoms with Crippen LogP contribution in [-0.4, -0.2) is 20.9 Å². The number of hydrogen-bond donors (Lipinski definition) is 2. The molecule has 3 aromatic carbocycles. The SMILES string of the molecule is O=C(NC(=S)Nc1ccc(Cl)c(-c2nc3ccccc3s2)c1)c1ccccc1[N+](=O)[O-]. The number of carbonyl (C=O) groups is 1. The maximum Gasteiger partial charge on any atom is 0.282 e. The molecule has 1 amide bonds. The Labute approximate surface area is 190 Å². The average molecular weight is 469 g/mol. The maximum absolute atomic E-state index is 12.4. The number of aromatic nitrogens is 1. The molecule has 7 nitrogen and oxygen atoms in total. The Bertz CT molecular complexity index is 1310. The molecule has 0 aliphatic heterocycles. The van der Waals surface area contributed by atoms with Gasteiger partial charge in [0.1, 0.15) is 10.6 Å². The molecule has 0 bridgehead atoms. The van der Waals surface area contributed by atoms with E-state index in [9.17, 15) is 14.9 Å². The molecule has 31 heavy (non-hydrogen) atoms. The van der Waals surface area contributed by atoms with Crippen LogP contribution in [0.1, 0.15) is 10.4 Å². The predicted molar refractivity (Wildman–Crippen MR) is 127 cm³/mol. The number of nitrogens with one attached hydrogen (secondary N) is 2. The number of fused-ring (bicyclic) bond motifs is 1. The quantitative estimate of drug-likeness (QED) is 0.228. The number of halogens is 1. The summed E-state index contributed by atoms with van der Waals surface area (Å²) in [6.07, 6.45) is 0. The summed E-state index contributed by atoms with van der Waals surface area (Å²) in [5, 5.41) is 17.8. The molecule has 0 fully saturated rings. The number of hydrogen-bond acceptors (Lipinski definition) is 6. The number of thiazole rings is 1. The van der Waals surface area contributed by atoms with Crippen LogP contribution < -0.4 is 10.6 Å². The van der Waals surface area contributed by atoms with Crippen molar-refractivity contribution in [2.45, 2.75) is 0 Å². The first-order valence-corrected chi connectivity index (χ1v) is 10.5. The highest BCUT2D eigenvalue weighted by Crippen LogP contribution is 2.35. The van der Waals surface area contributed by atoms with E-state index in [1.54, 1.807) is 24.3 Å². The minimum atomic E-state index is -0.676. The van der Waals surface area contributed by atoms with Crippen molar-refractivity contribution in [3.63, 3.8) is 0 Å². The molecule has 0 atom stereocenters. The Morgan fingerprint density at radius 3 is 2.61 bits per heavy atom. The van der Waals surface area contributed by atoms with Gasteiger partial charge in [0.2, 0.25) is 0 Å². The van der Waals surface area contributed by atoms with Gasteiger partial charge in [-0.15, -0.1) is 11.3 Å². The minimum Gasteiger partial charge on any atom is -0.332 e. The van der Waals surface area contributed by atoms with Crippen molar-refractivity contribution in [1.82, 2.24) is 10.3 Å². The number of nitrogens with zero attached hydrogens (tertiary/aromatic N) is 2. The summed E-state index contributed by atoms with van der Waals surface area (Å²) in [6, 6.07) is 18.6. The summed E-state index contributed by atoms with van der Waals surface area (Å²) >= 11 is 13.1. The molecular formula is C21H13ClN4O3S2. The normalized spacial score (nSPS) is 10.6. The molecular weight excluding hydrogens is 456 g/mol. The molecule has 2 N–H and O–H groups in total. The number of nitro benzene ring substituents is 1. The Kier molecular flexibility index (Phi) is 5.90. The lowest BCUT2D eigenvalue weighted by atomic mass is 10.1. The molecule has 4 rings (SSSR count). The highest BCUT2D eigenvalue weighted by atomic mass is 35.5. The maximum atomic E-state index is 12.4. The number of rotatable bonds is 4. The molecule has 1 heterocycles. The van der Waals surface area contributed by atoms with E-state index in [1.807, 2.05) is 24.3 Å². The van der Waals surface area contributed by atoms with Crippen LogP contribution in [-0.2, 0) is 0 Å². The second kappa shape index (κ2) is 8.76. The lowest BCUT2D eigenvalue weighted by molar-refractivity contribution is -0.385. The van der Waals surface area contributed by atoms with Crippen molar-refractivity contribution in [1.29, 1.82) is 0 Å². The summed E-state index contributed by atoms with van der Waals surface area (Å²) in [4.78, 5) is 27.6. The first kappa shape index (κ1) is 20.9. The van der Waals surface area contributed by atoms with Gasteiger partial charge in [-0.3, -0.25) is 20.2 Å². The Balaban J connectivity index is 1.53. The minimum absolute atomic E-state index is 0.000670.